The molecule has 2 aromatic rings. The molecule has 8 nitrogen and oxygen atoms in total. The van der Waals surface area contributed by atoms with Crippen molar-refractivity contribution in [2.75, 3.05) is 6.54 Å². The van der Waals surface area contributed by atoms with E-state index >= 15 is 0 Å². The highest BCUT2D eigenvalue weighted by Crippen LogP contribution is 2.50. The second-order valence-corrected chi connectivity index (χ2v) is 9.36. The van der Waals surface area contributed by atoms with Crippen molar-refractivity contribution in [1.29, 1.82) is 0 Å². The Kier molecular flexibility index (Phi) is 7.04. The summed E-state index contributed by atoms with van der Waals surface area (Å²) >= 11 is 0. The average molecular weight is 521 g/mol. The van der Waals surface area contributed by atoms with Gasteiger partial charge in [0, 0.05) is 12.6 Å². The highest BCUT2D eigenvalue weighted by Gasteiger charge is 2.70. The number of aliphatic hydroxyl groups excluding tert-OH is 1. The van der Waals surface area contributed by atoms with Crippen molar-refractivity contribution in [1.82, 2.24) is 10.2 Å². The number of rotatable bonds is 8. The van der Waals surface area contributed by atoms with Crippen LogP contribution in [-0.2, 0) is 20.6 Å². The molecule has 2 fully saturated rings. The summed E-state index contributed by atoms with van der Waals surface area (Å²) in [7, 11) is 0. The number of amides is 2. The number of hydrogen-bond donors (Lipinski definition) is 3. The molecule has 2 aromatic carbocycles. The number of carbonyl (C=O) groups excluding carboxylic acids is 2. The van der Waals surface area contributed by atoms with Crippen molar-refractivity contribution in [3.8, 4) is 11.5 Å². The van der Waals surface area contributed by atoms with Crippen LogP contribution in [0.25, 0.3) is 0 Å². The van der Waals surface area contributed by atoms with E-state index in [1.807, 2.05) is 6.92 Å². The van der Waals surface area contributed by atoms with Crippen LogP contribution in [-0.4, -0.2) is 51.1 Å². The molecule has 5 atom stereocenters. The number of benzene rings is 2. The molecule has 0 spiro atoms. The maximum Gasteiger partial charge on any atom is 0.416 e. The molecule has 11 heteroatoms. The summed E-state index contributed by atoms with van der Waals surface area (Å²) < 4.78 is 44.9. The number of alkyl halides is 3. The minimum Gasteiger partial charge on any atom is -0.480 e. The van der Waals surface area contributed by atoms with Gasteiger partial charge in [-0.2, -0.15) is 13.2 Å². The third-order valence-electron chi connectivity index (χ3n) is 7.05. The van der Waals surface area contributed by atoms with Gasteiger partial charge in [0.2, 0.25) is 11.8 Å². The molecule has 198 valence electrons. The topological polar surface area (TPSA) is 116 Å². The molecule has 2 amide bonds. The van der Waals surface area contributed by atoms with Gasteiger partial charge in [-0.05, 0) is 49.2 Å². The molecule has 0 saturated carbocycles. The van der Waals surface area contributed by atoms with Crippen LogP contribution in [0.15, 0.2) is 48.5 Å². The van der Waals surface area contributed by atoms with Crippen LogP contribution < -0.4 is 10.1 Å². The Morgan fingerprint density at radius 1 is 1.14 bits per heavy atom. The van der Waals surface area contributed by atoms with E-state index in [9.17, 15) is 37.8 Å². The van der Waals surface area contributed by atoms with Crippen molar-refractivity contribution in [2.24, 2.45) is 11.8 Å². The van der Waals surface area contributed by atoms with Gasteiger partial charge in [-0.1, -0.05) is 31.5 Å². The largest absolute Gasteiger partial charge is 0.480 e. The quantitative estimate of drug-likeness (QED) is 0.454. The van der Waals surface area contributed by atoms with E-state index < -0.39 is 59.0 Å². The number of hydrogen-bond acceptors (Lipinski definition) is 6. The molecular weight excluding hydrogens is 493 g/mol. The normalized spacial score (nSPS) is 26.3. The van der Waals surface area contributed by atoms with Crippen LogP contribution in [0, 0.1) is 11.8 Å². The first kappa shape index (κ1) is 26.6. The first-order valence-electron chi connectivity index (χ1n) is 11.9. The number of halogens is 3. The summed E-state index contributed by atoms with van der Waals surface area (Å²) in [5.74, 6) is -5.00. The summed E-state index contributed by atoms with van der Waals surface area (Å²) in [6.07, 6.45) is -4.81. The first-order valence-corrected chi connectivity index (χ1v) is 11.9. The number of aliphatic hydroxyl groups is 1. The molecule has 5 unspecified atom stereocenters. The van der Waals surface area contributed by atoms with E-state index in [4.69, 9.17) is 4.74 Å². The summed E-state index contributed by atoms with van der Waals surface area (Å²) in [5, 5.41) is 23.5. The van der Waals surface area contributed by atoms with Gasteiger partial charge in [0.1, 0.15) is 11.5 Å². The number of nitrogens with zero attached hydrogens (tertiary/aromatic N) is 1. The summed E-state index contributed by atoms with van der Waals surface area (Å²) in [6, 6.07) is 9.50. The zero-order chi connectivity index (χ0) is 27.1. The molecule has 0 aliphatic carbocycles. The number of fused-ring (bicyclic) bond motifs is 1. The maximum atomic E-state index is 13.4. The van der Waals surface area contributed by atoms with Gasteiger partial charge in [-0.3, -0.25) is 24.6 Å². The molecule has 2 aliphatic rings. The fourth-order valence-electron chi connectivity index (χ4n) is 5.23. The van der Waals surface area contributed by atoms with Crippen LogP contribution in [0.1, 0.15) is 43.9 Å². The zero-order valence-corrected chi connectivity index (χ0v) is 20.2. The Labute approximate surface area is 211 Å². The van der Waals surface area contributed by atoms with E-state index in [2.05, 4.69) is 5.32 Å². The van der Waals surface area contributed by atoms with Crippen molar-refractivity contribution in [3.05, 3.63) is 59.7 Å². The lowest BCUT2D eigenvalue weighted by molar-refractivity contribution is -0.156. The van der Waals surface area contributed by atoms with Crippen LogP contribution >= 0.6 is 0 Å². The maximum absolute atomic E-state index is 13.4. The Morgan fingerprint density at radius 2 is 1.78 bits per heavy atom. The molecule has 0 radical (unpaired) electrons. The highest BCUT2D eigenvalue weighted by molar-refractivity contribution is 6.09. The number of carboxylic acids is 1. The lowest BCUT2D eigenvalue weighted by Gasteiger charge is -2.33. The number of unbranched alkanes of at least 4 members (excludes halogenated alkanes) is 1. The predicted octanol–water partition coefficient (Wildman–Crippen LogP) is 3.75. The SMILES string of the molecule is CCCCN1C(=O)C2C(c3cccc(Oc4cccc(C(F)(F)F)c4)c3)NC(C(=O)O)(C(C)O)C2C1=O. The van der Waals surface area contributed by atoms with E-state index in [1.165, 1.54) is 31.2 Å². The van der Waals surface area contributed by atoms with Crippen LogP contribution in [0.3, 0.4) is 0 Å². The van der Waals surface area contributed by atoms with Gasteiger partial charge in [0.15, 0.2) is 5.54 Å². The average Bonchev–Trinajstić information content (AvgIpc) is 3.32. The molecule has 2 aliphatic heterocycles. The number of likely N-dealkylation sites (tertiary alicyclic amines) is 1. The minimum absolute atomic E-state index is 0.0639. The lowest BCUT2D eigenvalue weighted by Crippen LogP contribution is -2.62. The molecule has 4 rings (SSSR count). The first-order chi connectivity index (χ1) is 17.4. The highest BCUT2D eigenvalue weighted by atomic mass is 19.4. The Morgan fingerprint density at radius 3 is 2.38 bits per heavy atom. The molecule has 2 heterocycles. The van der Waals surface area contributed by atoms with E-state index in [-0.39, 0.29) is 18.0 Å². The molecule has 0 aromatic heterocycles. The van der Waals surface area contributed by atoms with Gasteiger partial charge < -0.3 is 14.9 Å². The number of carbonyl (C=O) groups is 3. The zero-order valence-electron chi connectivity index (χ0n) is 20.2. The summed E-state index contributed by atoms with van der Waals surface area (Å²) in [6.45, 7) is 3.28. The number of carboxylic acid groups (broad SMARTS) is 1. The van der Waals surface area contributed by atoms with Crippen LogP contribution in [0.2, 0.25) is 0 Å². The second kappa shape index (κ2) is 9.79. The predicted molar refractivity (Wildman–Crippen MR) is 124 cm³/mol. The van der Waals surface area contributed by atoms with Crippen LogP contribution in [0.4, 0.5) is 13.2 Å². The lowest BCUT2D eigenvalue weighted by atomic mass is 9.76. The summed E-state index contributed by atoms with van der Waals surface area (Å²) in [5.41, 5.74) is -2.60. The number of aliphatic carboxylic acids is 1. The molecule has 3 N–H and O–H groups in total. The monoisotopic (exact) mass is 520 g/mol. The smallest absolute Gasteiger partial charge is 0.416 e. The van der Waals surface area contributed by atoms with Crippen molar-refractivity contribution in [3.63, 3.8) is 0 Å². The van der Waals surface area contributed by atoms with Gasteiger partial charge in [0.05, 0.1) is 23.5 Å². The number of nitrogens with one attached hydrogen (secondary N) is 1. The van der Waals surface area contributed by atoms with Gasteiger partial charge in [0.25, 0.3) is 0 Å². The number of imide groups is 1. The summed E-state index contributed by atoms with van der Waals surface area (Å²) in [4.78, 5) is 40.2. The minimum atomic E-state index is -4.55. The van der Waals surface area contributed by atoms with E-state index in [1.54, 1.807) is 12.1 Å². The Balaban J connectivity index is 1.72. The third kappa shape index (κ3) is 4.57. The fraction of sp³-hybridized carbons (Fsp3) is 0.423. The standard InChI is InChI=1S/C26H27F3N2O6/c1-3-4-11-31-22(33)19-20(23(31)34)25(14(2)32,24(35)36)30-21(19)15-7-5-9-17(12-15)37-18-10-6-8-16(13-18)26(27,28)29/h5-10,12-14,19-21,30,32H,3-4,11H2,1-2H3,(H,35,36). The molecular formula is C26H27F3N2O6. The molecule has 37 heavy (non-hydrogen) atoms. The second-order valence-electron chi connectivity index (χ2n) is 9.36. The third-order valence-corrected chi connectivity index (χ3v) is 7.05. The van der Waals surface area contributed by atoms with Crippen molar-refractivity contribution < 1.29 is 42.5 Å². The van der Waals surface area contributed by atoms with Gasteiger partial charge >= 0.3 is 12.1 Å². The Bertz CT molecular complexity index is 1220. The molecule has 2 saturated heterocycles. The van der Waals surface area contributed by atoms with E-state index in [0.29, 0.717) is 18.4 Å². The van der Waals surface area contributed by atoms with Crippen molar-refractivity contribution in [2.45, 2.75) is 50.6 Å². The van der Waals surface area contributed by atoms with E-state index in [0.717, 1.165) is 17.0 Å². The number of ether oxygens (including phenoxy) is 1. The molecule has 0 bridgehead atoms. The van der Waals surface area contributed by atoms with Crippen molar-refractivity contribution >= 4 is 17.8 Å². The Hall–Kier alpha value is -3.44. The van der Waals surface area contributed by atoms with Gasteiger partial charge in [-0.25, -0.2) is 0 Å². The van der Waals surface area contributed by atoms with Gasteiger partial charge in [-0.15, -0.1) is 0 Å². The fourth-order valence-corrected chi connectivity index (χ4v) is 5.23. The van der Waals surface area contributed by atoms with Crippen LogP contribution in [0.5, 0.6) is 11.5 Å².